The van der Waals surface area contributed by atoms with E-state index in [1.54, 1.807) is 17.5 Å². The molecule has 114 valence electrons. The number of thiophene rings is 1. The summed E-state index contributed by atoms with van der Waals surface area (Å²) in [7, 11) is -3.61. The van der Waals surface area contributed by atoms with Crippen LogP contribution in [0.1, 0.15) is 0 Å². The molecular weight excluding hydrogens is 328 g/mol. The average molecular weight is 340 g/mol. The van der Waals surface area contributed by atoms with Crippen molar-refractivity contribution in [3.8, 4) is 0 Å². The predicted octanol–water partition coefficient (Wildman–Crippen LogP) is 4.25. The first-order chi connectivity index (χ1) is 11.1. The van der Waals surface area contributed by atoms with E-state index in [0.717, 1.165) is 21.8 Å². The minimum absolute atomic E-state index is 0.294. The SMILES string of the molecule is O=S(=O)(Nc1c2ccccc2nc2ccccc12)c1cccs1. The summed E-state index contributed by atoms with van der Waals surface area (Å²) in [6.45, 7) is 0. The van der Waals surface area contributed by atoms with E-state index in [4.69, 9.17) is 0 Å². The van der Waals surface area contributed by atoms with Crippen LogP contribution in [-0.4, -0.2) is 13.4 Å². The summed E-state index contributed by atoms with van der Waals surface area (Å²) in [4.78, 5) is 4.60. The quantitative estimate of drug-likeness (QED) is 0.567. The van der Waals surface area contributed by atoms with Crippen molar-refractivity contribution in [2.45, 2.75) is 4.21 Å². The van der Waals surface area contributed by atoms with E-state index in [1.165, 1.54) is 11.3 Å². The summed E-state index contributed by atoms with van der Waals surface area (Å²) in [6.07, 6.45) is 0. The summed E-state index contributed by atoms with van der Waals surface area (Å²) in [5.41, 5.74) is 2.09. The molecule has 23 heavy (non-hydrogen) atoms. The highest BCUT2D eigenvalue weighted by Crippen LogP contribution is 2.32. The molecule has 0 atom stereocenters. The third kappa shape index (κ3) is 2.46. The minimum Gasteiger partial charge on any atom is -0.278 e. The van der Waals surface area contributed by atoms with Crippen molar-refractivity contribution in [2.75, 3.05) is 4.72 Å². The van der Waals surface area contributed by atoms with Gasteiger partial charge < -0.3 is 0 Å². The van der Waals surface area contributed by atoms with Crippen LogP contribution in [0.4, 0.5) is 5.69 Å². The molecule has 4 nitrogen and oxygen atoms in total. The number of sulfonamides is 1. The van der Waals surface area contributed by atoms with Gasteiger partial charge >= 0.3 is 0 Å². The van der Waals surface area contributed by atoms with Crippen LogP contribution < -0.4 is 4.72 Å². The number of anilines is 1. The summed E-state index contributed by atoms with van der Waals surface area (Å²) in [6, 6.07) is 18.4. The zero-order valence-electron chi connectivity index (χ0n) is 11.9. The van der Waals surface area contributed by atoms with Crippen LogP contribution in [0, 0.1) is 0 Å². The molecule has 2 aromatic heterocycles. The van der Waals surface area contributed by atoms with Crippen LogP contribution in [-0.2, 0) is 10.0 Å². The van der Waals surface area contributed by atoms with Gasteiger partial charge in [-0.05, 0) is 23.6 Å². The lowest BCUT2D eigenvalue weighted by Gasteiger charge is -2.12. The van der Waals surface area contributed by atoms with Gasteiger partial charge in [0.2, 0.25) is 0 Å². The number of para-hydroxylation sites is 2. The molecule has 6 heteroatoms. The van der Waals surface area contributed by atoms with E-state index < -0.39 is 10.0 Å². The molecule has 0 aliphatic heterocycles. The van der Waals surface area contributed by atoms with E-state index in [0.29, 0.717) is 9.90 Å². The van der Waals surface area contributed by atoms with E-state index in [9.17, 15) is 8.42 Å². The molecule has 0 aliphatic rings. The number of benzene rings is 2. The second-order valence-corrected chi connectivity index (χ2v) is 7.92. The number of hydrogen-bond acceptors (Lipinski definition) is 4. The Hall–Kier alpha value is -2.44. The largest absolute Gasteiger partial charge is 0.278 e. The third-order valence-electron chi connectivity index (χ3n) is 3.58. The second-order valence-electron chi connectivity index (χ2n) is 5.06. The van der Waals surface area contributed by atoms with E-state index in [2.05, 4.69) is 9.71 Å². The molecule has 0 aliphatic carbocycles. The van der Waals surface area contributed by atoms with Gasteiger partial charge in [0.05, 0.1) is 16.7 Å². The maximum atomic E-state index is 12.6. The van der Waals surface area contributed by atoms with Crippen LogP contribution in [0.3, 0.4) is 0 Å². The van der Waals surface area contributed by atoms with Gasteiger partial charge in [0.15, 0.2) is 0 Å². The van der Waals surface area contributed by atoms with Crippen molar-refractivity contribution < 1.29 is 8.42 Å². The molecule has 0 spiro atoms. The summed E-state index contributed by atoms with van der Waals surface area (Å²) >= 11 is 1.19. The Morgan fingerprint density at radius 3 is 2.00 bits per heavy atom. The molecule has 0 saturated heterocycles. The Balaban J connectivity index is 2.00. The first-order valence-electron chi connectivity index (χ1n) is 6.99. The smallest absolute Gasteiger partial charge is 0.271 e. The first kappa shape index (κ1) is 14.2. The van der Waals surface area contributed by atoms with Gasteiger partial charge in [-0.3, -0.25) is 4.72 Å². The monoisotopic (exact) mass is 340 g/mol. The molecule has 0 radical (unpaired) electrons. The number of pyridine rings is 1. The van der Waals surface area contributed by atoms with Gasteiger partial charge in [0.1, 0.15) is 4.21 Å². The number of fused-ring (bicyclic) bond motifs is 2. The zero-order valence-corrected chi connectivity index (χ0v) is 13.6. The maximum absolute atomic E-state index is 12.6. The molecular formula is C17H12N2O2S2. The van der Waals surface area contributed by atoms with Crippen molar-refractivity contribution in [3.05, 3.63) is 66.0 Å². The fourth-order valence-corrected chi connectivity index (χ4v) is 4.64. The summed E-state index contributed by atoms with van der Waals surface area (Å²) < 4.78 is 28.3. The average Bonchev–Trinajstić information content (AvgIpc) is 3.10. The Labute approximate surface area is 137 Å². The van der Waals surface area contributed by atoms with Gasteiger partial charge in [-0.2, -0.15) is 0 Å². The predicted molar refractivity (Wildman–Crippen MR) is 94.4 cm³/mol. The Morgan fingerprint density at radius 2 is 1.43 bits per heavy atom. The molecule has 4 aromatic rings. The third-order valence-corrected chi connectivity index (χ3v) is 6.33. The zero-order chi connectivity index (χ0) is 15.9. The van der Waals surface area contributed by atoms with Crippen molar-refractivity contribution in [1.29, 1.82) is 0 Å². The number of nitrogens with one attached hydrogen (secondary N) is 1. The van der Waals surface area contributed by atoms with Gasteiger partial charge in [-0.25, -0.2) is 13.4 Å². The van der Waals surface area contributed by atoms with E-state index in [1.807, 2.05) is 48.5 Å². The fraction of sp³-hybridized carbons (Fsp3) is 0. The Kier molecular flexibility index (Phi) is 3.28. The minimum atomic E-state index is -3.61. The van der Waals surface area contributed by atoms with Crippen LogP contribution in [0.25, 0.3) is 21.8 Å². The molecule has 1 N–H and O–H groups in total. The van der Waals surface area contributed by atoms with Crippen LogP contribution in [0.15, 0.2) is 70.3 Å². The van der Waals surface area contributed by atoms with Crippen LogP contribution >= 0.6 is 11.3 Å². The van der Waals surface area contributed by atoms with Gasteiger partial charge in [-0.15, -0.1) is 11.3 Å². The second kappa shape index (κ2) is 5.33. The highest BCUT2D eigenvalue weighted by molar-refractivity contribution is 7.94. The lowest BCUT2D eigenvalue weighted by atomic mass is 10.1. The first-order valence-corrected chi connectivity index (χ1v) is 9.35. The summed E-state index contributed by atoms with van der Waals surface area (Å²) in [5, 5.41) is 3.31. The molecule has 0 bridgehead atoms. The summed E-state index contributed by atoms with van der Waals surface area (Å²) in [5.74, 6) is 0. The normalized spacial score (nSPS) is 11.8. The highest BCUT2D eigenvalue weighted by Gasteiger charge is 2.18. The van der Waals surface area contributed by atoms with Gasteiger partial charge in [0, 0.05) is 10.8 Å². The van der Waals surface area contributed by atoms with Crippen LogP contribution in [0.5, 0.6) is 0 Å². The van der Waals surface area contributed by atoms with Crippen molar-refractivity contribution in [2.24, 2.45) is 0 Å². The number of nitrogens with zero attached hydrogens (tertiary/aromatic N) is 1. The Morgan fingerprint density at radius 1 is 0.826 bits per heavy atom. The van der Waals surface area contributed by atoms with Gasteiger partial charge in [-0.1, -0.05) is 42.5 Å². The molecule has 0 saturated carbocycles. The molecule has 2 heterocycles. The topological polar surface area (TPSA) is 59.1 Å². The lowest BCUT2D eigenvalue weighted by molar-refractivity contribution is 0.603. The molecule has 0 fully saturated rings. The molecule has 0 amide bonds. The van der Waals surface area contributed by atoms with Crippen molar-refractivity contribution in [3.63, 3.8) is 0 Å². The fourth-order valence-electron chi connectivity index (χ4n) is 2.55. The highest BCUT2D eigenvalue weighted by atomic mass is 32.2. The Bertz CT molecular complexity index is 1050. The standard InChI is InChI=1S/C17H12N2O2S2/c20-23(21,16-10-5-11-22-16)19-17-12-6-1-3-8-14(12)18-15-9-4-2-7-13(15)17/h1-11H,(H,18,19). The lowest BCUT2D eigenvalue weighted by Crippen LogP contribution is -2.12. The maximum Gasteiger partial charge on any atom is 0.271 e. The van der Waals surface area contributed by atoms with Crippen molar-refractivity contribution in [1.82, 2.24) is 4.98 Å². The number of hydrogen-bond donors (Lipinski definition) is 1. The van der Waals surface area contributed by atoms with Crippen LogP contribution in [0.2, 0.25) is 0 Å². The number of rotatable bonds is 3. The molecule has 4 rings (SSSR count). The number of aromatic nitrogens is 1. The van der Waals surface area contributed by atoms with Gasteiger partial charge in [0.25, 0.3) is 10.0 Å². The molecule has 0 unspecified atom stereocenters. The van der Waals surface area contributed by atoms with E-state index in [-0.39, 0.29) is 0 Å². The van der Waals surface area contributed by atoms with E-state index >= 15 is 0 Å². The van der Waals surface area contributed by atoms with Crippen molar-refractivity contribution >= 4 is 48.9 Å². The molecule has 2 aromatic carbocycles.